The Hall–Kier alpha value is -1.90. The van der Waals surface area contributed by atoms with E-state index in [1.165, 1.54) is 37.5 Å². The third-order valence-electron chi connectivity index (χ3n) is 4.70. The van der Waals surface area contributed by atoms with Gasteiger partial charge in [-0.25, -0.2) is 22.0 Å². The molecule has 0 spiro atoms. The molecule has 0 aromatic heterocycles. The fourth-order valence-corrected chi connectivity index (χ4v) is 5.20. The molecule has 2 aromatic rings. The summed E-state index contributed by atoms with van der Waals surface area (Å²) in [5.74, 6) is 0.483. The van der Waals surface area contributed by atoms with Gasteiger partial charge >= 0.3 is 0 Å². The van der Waals surface area contributed by atoms with E-state index < -0.39 is 20.0 Å². The first-order chi connectivity index (χ1) is 12.3. The molecule has 6 nitrogen and oxygen atoms in total. The van der Waals surface area contributed by atoms with Crippen LogP contribution in [-0.4, -0.2) is 16.8 Å². The van der Waals surface area contributed by atoms with E-state index in [4.69, 9.17) is 5.14 Å². The van der Waals surface area contributed by atoms with Crippen molar-refractivity contribution in [2.45, 2.75) is 47.8 Å². The van der Waals surface area contributed by atoms with Crippen LogP contribution >= 0.6 is 0 Å². The van der Waals surface area contributed by atoms with E-state index in [1.807, 2.05) is 12.1 Å². The SMILES string of the molecule is NS(=O)(=O)c1ccccc1NS(=O)(=O)c1ccc(C2CCCCC2)cc1. The highest BCUT2D eigenvalue weighted by Crippen LogP contribution is 2.33. The summed E-state index contributed by atoms with van der Waals surface area (Å²) in [4.78, 5) is -0.177. The molecule has 0 atom stereocenters. The number of benzene rings is 2. The molecule has 0 bridgehead atoms. The first kappa shape index (κ1) is 18.9. The van der Waals surface area contributed by atoms with E-state index >= 15 is 0 Å². The minimum atomic E-state index is -4.04. The molecule has 0 unspecified atom stereocenters. The van der Waals surface area contributed by atoms with Crippen LogP contribution in [0.2, 0.25) is 0 Å². The van der Waals surface area contributed by atoms with E-state index in [1.54, 1.807) is 18.2 Å². The highest BCUT2D eigenvalue weighted by Gasteiger charge is 2.21. The van der Waals surface area contributed by atoms with Gasteiger partial charge in [-0.2, -0.15) is 0 Å². The molecular weight excluding hydrogens is 372 g/mol. The van der Waals surface area contributed by atoms with E-state index in [-0.39, 0.29) is 15.5 Å². The van der Waals surface area contributed by atoms with Crippen molar-refractivity contribution >= 4 is 25.7 Å². The van der Waals surface area contributed by atoms with Gasteiger partial charge in [-0.1, -0.05) is 43.5 Å². The summed E-state index contributed by atoms with van der Waals surface area (Å²) < 4.78 is 50.8. The van der Waals surface area contributed by atoms with Crippen molar-refractivity contribution in [3.63, 3.8) is 0 Å². The van der Waals surface area contributed by atoms with Gasteiger partial charge in [0.05, 0.1) is 10.6 Å². The van der Waals surface area contributed by atoms with Gasteiger partial charge in [-0.05, 0) is 48.6 Å². The average Bonchev–Trinajstić information content (AvgIpc) is 2.62. The van der Waals surface area contributed by atoms with Gasteiger partial charge in [0, 0.05) is 0 Å². The van der Waals surface area contributed by atoms with Gasteiger partial charge in [0.1, 0.15) is 4.90 Å². The van der Waals surface area contributed by atoms with Gasteiger partial charge in [-0.3, -0.25) is 4.72 Å². The van der Waals surface area contributed by atoms with Crippen LogP contribution in [0.5, 0.6) is 0 Å². The molecule has 1 aliphatic carbocycles. The first-order valence-corrected chi connectivity index (χ1v) is 11.5. The molecule has 140 valence electrons. The summed E-state index contributed by atoms with van der Waals surface area (Å²) in [7, 11) is -7.95. The molecule has 3 rings (SSSR count). The molecule has 1 aliphatic rings. The fraction of sp³-hybridized carbons (Fsp3) is 0.333. The Balaban J connectivity index is 1.85. The molecular formula is C18H22N2O4S2. The maximum atomic E-state index is 12.6. The number of hydrogen-bond donors (Lipinski definition) is 2. The van der Waals surface area contributed by atoms with Crippen LogP contribution in [0.4, 0.5) is 5.69 Å². The number of hydrogen-bond acceptors (Lipinski definition) is 4. The van der Waals surface area contributed by atoms with Gasteiger partial charge < -0.3 is 0 Å². The zero-order valence-corrected chi connectivity index (χ0v) is 15.9. The molecule has 0 radical (unpaired) electrons. The molecule has 3 N–H and O–H groups in total. The average molecular weight is 395 g/mol. The standard InChI is InChI=1S/C18H22N2O4S2/c19-25(21,22)18-9-5-4-8-17(18)20-26(23,24)16-12-10-15(11-13-16)14-6-2-1-3-7-14/h4-5,8-14,20H,1-3,6-7H2,(H2,19,21,22). The van der Waals surface area contributed by atoms with Gasteiger partial charge in [0.15, 0.2) is 0 Å². The monoisotopic (exact) mass is 394 g/mol. The number of para-hydroxylation sites is 1. The van der Waals surface area contributed by atoms with Crippen molar-refractivity contribution in [3.8, 4) is 0 Å². The van der Waals surface area contributed by atoms with Crippen LogP contribution in [0.25, 0.3) is 0 Å². The van der Waals surface area contributed by atoms with E-state index in [2.05, 4.69) is 4.72 Å². The first-order valence-electron chi connectivity index (χ1n) is 8.52. The van der Waals surface area contributed by atoms with Gasteiger partial charge in [0.2, 0.25) is 10.0 Å². The maximum absolute atomic E-state index is 12.6. The summed E-state index contributed by atoms with van der Waals surface area (Å²) in [6.07, 6.45) is 5.93. The van der Waals surface area contributed by atoms with Crippen LogP contribution in [0.3, 0.4) is 0 Å². The minimum Gasteiger partial charge on any atom is -0.278 e. The normalized spacial score (nSPS) is 16.3. The zero-order valence-electron chi connectivity index (χ0n) is 14.3. The number of primary sulfonamides is 1. The van der Waals surface area contributed by atoms with Crippen molar-refractivity contribution in [2.24, 2.45) is 5.14 Å². The zero-order chi connectivity index (χ0) is 18.8. The lowest BCUT2D eigenvalue weighted by Crippen LogP contribution is -2.18. The van der Waals surface area contributed by atoms with E-state index in [0.717, 1.165) is 18.4 Å². The van der Waals surface area contributed by atoms with Crippen molar-refractivity contribution in [1.29, 1.82) is 0 Å². The summed E-state index contributed by atoms with van der Waals surface area (Å²) in [6, 6.07) is 12.5. The van der Waals surface area contributed by atoms with Crippen molar-refractivity contribution in [1.82, 2.24) is 0 Å². The summed E-state index contributed by atoms with van der Waals surface area (Å²) in [5, 5.41) is 5.15. The topological polar surface area (TPSA) is 106 Å². The largest absolute Gasteiger partial charge is 0.278 e. The minimum absolute atomic E-state index is 0.0636. The Morgan fingerprint density at radius 1 is 0.846 bits per heavy atom. The quantitative estimate of drug-likeness (QED) is 0.812. The summed E-state index contributed by atoms with van der Waals surface area (Å²) >= 11 is 0. The van der Waals surface area contributed by atoms with Crippen LogP contribution < -0.4 is 9.86 Å². The number of anilines is 1. The predicted octanol–water partition coefficient (Wildman–Crippen LogP) is 3.18. The lowest BCUT2D eigenvalue weighted by atomic mass is 9.84. The van der Waals surface area contributed by atoms with Crippen LogP contribution in [-0.2, 0) is 20.0 Å². The Morgan fingerprint density at radius 2 is 1.46 bits per heavy atom. The molecule has 26 heavy (non-hydrogen) atoms. The Bertz CT molecular complexity index is 978. The Labute approximate surface area is 154 Å². The number of nitrogens with one attached hydrogen (secondary N) is 1. The fourth-order valence-electron chi connectivity index (χ4n) is 3.36. The number of sulfonamides is 2. The van der Waals surface area contributed by atoms with Crippen molar-refractivity contribution in [3.05, 3.63) is 54.1 Å². The predicted molar refractivity (Wildman–Crippen MR) is 101 cm³/mol. The molecule has 2 aromatic carbocycles. The maximum Gasteiger partial charge on any atom is 0.261 e. The van der Waals surface area contributed by atoms with Crippen molar-refractivity contribution < 1.29 is 16.8 Å². The molecule has 0 heterocycles. The van der Waals surface area contributed by atoms with Gasteiger partial charge in [-0.15, -0.1) is 0 Å². The molecule has 0 saturated heterocycles. The van der Waals surface area contributed by atoms with E-state index in [9.17, 15) is 16.8 Å². The lowest BCUT2D eigenvalue weighted by Gasteiger charge is -2.22. The van der Waals surface area contributed by atoms with E-state index in [0.29, 0.717) is 5.92 Å². The van der Waals surface area contributed by atoms with Gasteiger partial charge in [0.25, 0.3) is 10.0 Å². The second kappa shape index (κ2) is 7.38. The highest BCUT2D eigenvalue weighted by atomic mass is 32.2. The van der Waals surface area contributed by atoms with Crippen LogP contribution in [0, 0.1) is 0 Å². The second-order valence-electron chi connectivity index (χ2n) is 6.55. The summed E-state index contributed by atoms with van der Waals surface area (Å²) in [5.41, 5.74) is 1.08. The number of rotatable bonds is 5. The lowest BCUT2D eigenvalue weighted by molar-refractivity contribution is 0.443. The van der Waals surface area contributed by atoms with Crippen LogP contribution in [0.1, 0.15) is 43.6 Å². The molecule has 8 heteroatoms. The third kappa shape index (κ3) is 4.25. The highest BCUT2D eigenvalue weighted by molar-refractivity contribution is 7.93. The molecule has 0 aliphatic heterocycles. The smallest absolute Gasteiger partial charge is 0.261 e. The van der Waals surface area contributed by atoms with Crippen molar-refractivity contribution in [2.75, 3.05) is 4.72 Å². The second-order valence-corrected chi connectivity index (χ2v) is 9.76. The number of nitrogens with two attached hydrogens (primary N) is 1. The van der Waals surface area contributed by atoms with Crippen LogP contribution in [0.15, 0.2) is 58.3 Å². The Morgan fingerprint density at radius 3 is 2.08 bits per heavy atom. The molecule has 1 saturated carbocycles. The molecule has 1 fully saturated rings. The summed E-state index contributed by atoms with van der Waals surface area (Å²) in [6.45, 7) is 0. The molecule has 0 amide bonds. The Kier molecular flexibility index (Phi) is 5.36. The third-order valence-corrected chi connectivity index (χ3v) is 7.06.